The van der Waals surface area contributed by atoms with Gasteiger partial charge in [0.15, 0.2) is 0 Å². The number of thioether (sulfide) groups is 1. The van der Waals surface area contributed by atoms with Crippen molar-refractivity contribution in [2.45, 2.75) is 39.5 Å². The second kappa shape index (κ2) is 8.05. The lowest BCUT2D eigenvalue weighted by atomic mass is 9.76. The molecular formula is C14H28N2OS. The molecule has 3 nitrogen and oxygen atoms in total. The van der Waals surface area contributed by atoms with Gasteiger partial charge in [-0.15, -0.1) is 0 Å². The van der Waals surface area contributed by atoms with Gasteiger partial charge in [-0.2, -0.15) is 11.8 Å². The predicted octanol–water partition coefficient (Wildman–Crippen LogP) is 2.27. The first kappa shape index (κ1) is 15.8. The van der Waals surface area contributed by atoms with E-state index in [2.05, 4.69) is 30.7 Å². The monoisotopic (exact) mass is 272 g/mol. The molecule has 18 heavy (non-hydrogen) atoms. The average Bonchev–Trinajstić information content (AvgIpc) is 2.38. The van der Waals surface area contributed by atoms with Gasteiger partial charge in [0.2, 0.25) is 5.91 Å². The second-order valence-electron chi connectivity index (χ2n) is 5.58. The lowest BCUT2D eigenvalue weighted by Gasteiger charge is -2.36. The number of carbonyl (C=O) groups excluding carboxylic acids is 1. The highest BCUT2D eigenvalue weighted by atomic mass is 32.2. The number of amides is 1. The fourth-order valence-electron chi connectivity index (χ4n) is 2.76. The van der Waals surface area contributed by atoms with Crippen LogP contribution in [0.1, 0.15) is 39.5 Å². The molecule has 1 heterocycles. The molecule has 0 spiro atoms. The molecule has 0 saturated carbocycles. The van der Waals surface area contributed by atoms with E-state index in [1.54, 1.807) is 0 Å². The van der Waals surface area contributed by atoms with E-state index < -0.39 is 0 Å². The Kier molecular flexibility index (Phi) is 7.08. The Labute approximate surface area is 116 Å². The van der Waals surface area contributed by atoms with Gasteiger partial charge in [0.25, 0.3) is 0 Å². The maximum absolute atomic E-state index is 12.5. The SMILES string of the molecule is CCCC1(C(=O)NCC(C)CSC)CCCNC1. The maximum Gasteiger partial charge on any atom is 0.227 e. The minimum Gasteiger partial charge on any atom is -0.355 e. The van der Waals surface area contributed by atoms with Gasteiger partial charge in [-0.05, 0) is 43.7 Å². The largest absolute Gasteiger partial charge is 0.355 e. The Bertz CT molecular complexity index is 247. The summed E-state index contributed by atoms with van der Waals surface area (Å²) in [7, 11) is 0. The zero-order chi connectivity index (χ0) is 13.4. The van der Waals surface area contributed by atoms with Crippen molar-refractivity contribution in [3.8, 4) is 0 Å². The first-order valence-electron chi connectivity index (χ1n) is 7.12. The first-order valence-corrected chi connectivity index (χ1v) is 8.52. The van der Waals surface area contributed by atoms with Crippen molar-refractivity contribution in [1.82, 2.24) is 10.6 Å². The zero-order valence-electron chi connectivity index (χ0n) is 12.1. The second-order valence-corrected chi connectivity index (χ2v) is 6.49. The van der Waals surface area contributed by atoms with Gasteiger partial charge in [0.1, 0.15) is 0 Å². The van der Waals surface area contributed by atoms with E-state index in [4.69, 9.17) is 0 Å². The van der Waals surface area contributed by atoms with Crippen LogP contribution in [-0.4, -0.2) is 37.6 Å². The van der Waals surface area contributed by atoms with Crippen LogP contribution >= 0.6 is 11.8 Å². The molecule has 1 amide bonds. The molecule has 1 aliphatic heterocycles. The normalized spacial score (nSPS) is 25.7. The summed E-state index contributed by atoms with van der Waals surface area (Å²) in [5.74, 6) is 1.93. The van der Waals surface area contributed by atoms with E-state index in [1.807, 2.05) is 11.8 Å². The molecule has 4 heteroatoms. The topological polar surface area (TPSA) is 41.1 Å². The maximum atomic E-state index is 12.5. The predicted molar refractivity (Wildman–Crippen MR) is 80.0 cm³/mol. The molecule has 0 aromatic rings. The molecule has 106 valence electrons. The van der Waals surface area contributed by atoms with Gasteiger partial charge in [-0.25, -0.2) is 0 Å². The Morgan fingerprint density at radius 1 is 1.56 bits per heavy atom. The third-order valence-corrected chi connectivity index (χ3v) is 4.65. The van der Waals surface area contributed by atoms with Crippen molar-refractivity contribution in [1.29, 1.82) is 0 Å². The molecule has 0 aromatic heterocycles. The highest BCUT2D eigenvalue weighted by Gasteiger charge is 2.38. The molecule has 1 aliphatic rings. The van der Waals surface area contributed by atoms with Crippen LogP contribution < -0.4 is 10.6 Å². The summed E-state index contributed by atoms with van der Waals surface area (Å²) in [6, 6.07) is 0. The van der Waals surface area contributed by atoms with Crippen molar-refractivity contribution >= 4 is 17.7 Å². The van der Waals surface area contributed by atoms with E-state index >= 15 is 0 Å². The number of rotatable bonds is 7. The molecule has 0 aliphatic carbocycles. The Morgan fingerprint density at radius 3 is 2.89 bits per heavy atom. The van der Waals surface area contributed by atoms with E-state index in [-0.39, 0.29) is 11.3 Å². The molecule has 0 bridgehead atoms. The van der Waals surface area contributed by atoms with Crippen LogP contribution in [0, 0.1) is 11.3 Å². The van der Waals surface area contributed by atoms with E-state index in [0.29, 0.717) is 5.92 Å². The number of piperidine rings is 1. The molecule has 0 radical (unpaired) electrons. The quantitative estimate of drug-likeness (QED) is 0.747. The lowest BCUT2D eigenvalue weighted by molar-refractivity contribution is -0.132. The third-order valence-electron chi connectivity index (χ3n) is 3.74. The Morgan fingerprint density at radius 2 is 2.33 bits per heavy atom. The first-order chi connectivity index (χ1) is 8.64. The summed E-state index contributed by atoms with van der Waals surface area (Å²) >= 11 is 1.84. The highest BCUT2D eigenvalue weighted by Crippen LogP contribution is 2.31. The van der Waals surface area contributed by atoms with Crippen molar-refractivity contribution < 1.29 is 4.79 Å². The number of carbonyl (C=O) groups is 1. The summed E-state index contributed by atoms with van der Waals surface area (Å²) in [5, 5.41) is 6.56. The number of hydrogen-bond donors (Lipinski definition) is 2. The number of nitrogens with one attached hydrogen (secondary N) is 2. The van der Waals surface area contributed by atoms with Crippen LogP contribution in [0.25, 0.3) is 0 Å². The van der Waals surface area contributed by atoms with E-state index in [0.717, 1.165) is 51.1 Å². The fourth-order valence-corrected chi connectivity index (χ4v) is 3.45. The smallest absolute Gasteiger partial charge is 0.227 e. The van der Waals surface area contributed by atoms with Crippen LogP contribution in [-0.2, 0) is 4.79 Å². The Balaban J connectivity index is 2.49. The van der Waals surface area contributed by atoms with Crippen molar-refractivity contribution in [3.63, 3.8) is 0 Å². The number of hydrogen-bond acceptors (Lipinski definition) is 3. The van der Waals surface area contributed by atoms with Crippen LogP contribution in [0.2, 0.25) is 0 Å². The van der Waals surface area contributed by atoms with Crippen molar-refractivity contribution in [3.05, 3.63) is 0 Å². The van der Waals surface area contributed by atoms with Crippen molar-refractivity contribution in [2.24, 2.45) is 11.3 Å². The standard InChI is InChI=1S/C14H28N2OS/c1-4-6-14(7-5-8-15-11-14)13(17)16-9-12(2)10-18-3/h12,15H,4-11H2,1-3H3,(H,16,17). The van der Waals surface area contributed by atoms with Gasteiger partial charge in [-0.3, -0.25) is 4.79 Å². The van der Waals surface area contributed by atoms with Gasteiger partial charge in [0, 0.05) is 13.1 Å². The minimum absolute atomic E-state index is 0.147. The van der Waals surface area contributed by atoms with E-state index in [9.17, 15) is 4.79 Å². The lowest BCUT2D eigenvalue weighted by Crippen LogP contribution is -2.51. The molecule has 1 rings (SSSR count). The molecule has 0 aromatic carbocycles. The average molecular weight is 272 g/mol. The highest BCUT2D eigenvalue weighted by molar-refractivity contribution is 7.98. The fraction of sp³-hybridized carbons (Fsp3) is 0.929. The molecule has 2 N–H and O–H groups in total. The van der Waals surface area contributed by atoms with E-state index in [1.165, 1.54) is 0 Å². The summed E-state index contributed by atoms with van der Waals surface area (Å²) in [4.78, 5) is 12.5. The molecule has 1 saturated heterocycles. The van der Waals surface area contributed by atoms with Crippen molar-refractivity contribution in [2.75, 3.05) is 31.6 Å². The van der Waals surface area contributed by atoms with Crippen LogP contribution in [0.15, 0.2) is 0 Å². The third kappa shape index (κ3) is 4.47. The van der Waals surface area contributed by atoms with Gasteiger partial charge < -0.3 is 10.6 Å². The summed E-state index contributed by atoms with van der Waals surface area (Å²) in [6.45, 7) is 7.08. The van der Waals surface area contributed by atoms with Crippen LogP contribution in [0.5, 0.6) is 0 Å². The zero-order valence-corrected chi connectivity index (χ0v) is 12.9. The van der Waals surface area contributed by atoms with Gasteiger partial charge >= 0.3 is 0 Å². The molecular weight excluding hydrogens is 244 g/mol. The summed E-state index contributed by atoms with van der Waals surface area (Å²) in [6.07, 6.45) is 6.35. The molecule has 2 unspecified atom stereocenters. The molecule has 1 fully saturated rings. The summed E-state index contributed by atoms with van der Waals surface area (Å²) in [5.41, 5.74) is -0.147. The Hall–Kier alpha value is -0.220. The minimum atomic E-state index is -0.147. The van der Waals surface area contributed by atoms with Crippen LogP contribution in [0.3, 0.4) is 0 Å². The van der Waals surface area contributed by atoms with Crippen LogP contribution in [0.4, 0.5) is 0 Å². The summed E-state index contributed by atoms with van der Waals surface area (Å²) < 4.78 is 0. The molecule has 2 atom stereocenters. The van der Waals surface area contributed by atoms with Gasteiger partial charge in [0.05, 0.1) is 5.41 Å². The van der Waals surface area contributed by atoms with Gasteiger partial charge in [-0.1, -0.05) is 20.3 Å².